The van der Waals surface area contributed by atoms with Crippen LogP contribution in [0, 0.1) is 24.7 Å². The van der Waals surface area contributed by atoms with Crippen molar-refractivity contribution in [2.24, 2.45) is 17.8 Å². The zero-order valence-electron chi connectivity index (χ0n) is 29.0. The molecule has 0 bridgehead atoms. The van der Waals surface area contributed by atoms with Crippen molar-refractivity contribution < 1.29 is 38.0 Å². The lowest BCUT2D eigenvalue weighted by molar-refractivity contribution is -0.138. The highest BCUT2D eigenvalue weighted by Gasteiger charge is 2.40. The van der Waals surface area contributed by atoms with Gasteiger partial charge in [0.25, 0.3) is 0 Å². The molecular weight excluding hydrogens is 632 g/mol. The van der Waals surface area contributed by atoms with Gasteiger partial charge < -0.3 is 35.8 Å². The van der Waals surface area contributed by atoms with Crippen LogP contribution in [0.25, 0.3) is 0 Å². The van der Waals surface area contributed by atoms with E-state index < -0.39 is 65.1 Å². The molecule has 2 aliphatic rings. The van der Waals surface area contributed by atoms with Crippen LogP contribution in [-0.2, 0) is 48.2 Å². The summed E-state index contributed by atoms with van der Waals surface area (Å²) in [5.74, 6) is -3.63. The molecular formula is C35H48N6O8. The van der Waals surface area contributed by atoms with Gasteiger partial charge in [0.05, 0.1) is 12.5 Å². The van der Waals surface area contributed by atoms with Crippen LogP contribution in [0.1, 0.15) is 76.5 Å². The number of aryl methyl sites for hydroxylation is 1. The molecule has 0 radical (unpaired) electrons. The quantitative estimate of drug-likeness (QED) is 0.185. The standard InChI is InChI=1S/C35H48N6O8/c1-19(2)13-27(32(45)37-26(17-28(42)40-35(4,5)6)30(43)25-11-12-36-31(25)44)38-33(46)29(23-15-21-9-7-8-10-22(21)16-23)39-34(47)48-18-24-14-20(3)49-41-24/h7-10,14,19,23,25-27,29H,11-13,15-18H2,1-6H3,(H,36,44)(H,37,45)(H,38,46)(H,39,47)(H,40,42)/t25-,26-,27-,29-/m0/s1. The van der Waals surface area contributed by atoms with Gasteiger partial charge in [0.15, 0.2) is 5.78 Å². The van der Waals surface area contributed by atoms with Crippen molar-refractivity contribution in [3.63, 3.8) is 0 Å². The Morgan fingerprint density at radius 3 is 2.20 bits per heavy atom. The number of Topliss-reactive ketones (excluding diaryl/α,β-unsaturated/α-hetero) is 1. The number of hydrogen-bond donors (Lipinski definition) is 5. The van der Waals surface area contributed by atoms with Crippen LogP contribution < -0.4 is 26.6 Å². The van der Waals surface area contributed by atoms with E-state index in [1.54, 1.807) is 33.8 Å². The minimum absolute atomic E-state index is 0.0620. The van der Waals surface area contributed by atoms with Crippen LogP contribution in [0.5, 0.6) is 0 Å². The summed E-state index contributed by atoms with van der Waals surface area (Å²) in [6.45, 7) is 11.0. The molecule has 0 spiro atoms. The molecule has 1 saturated heterocycles. The van der Waals surface area contributed by atoms with Gasteiger partial charge in [-0.3, -0.25) is 24.0 Å². The number of fused-ring (bicyclic) bond motifs is 1. The number of benzene rings is 1. The van der Waals surface area contributed by atoms with Crippen molar-refractivity contribution in [2.75, 3.05) is 6.54 Å². The summed E-state index contributed by atoms with van der Waals surface area (Å²) in [6, 6.07) is 5.91. The molecule has 5 amide bonds. The Morgan fingerprint density at radius 1 is 1.00 bits per heavy atom. The zero-order valence-corrected chi connectivity index (χ0v) is 29.0. The maximum Gasteiger partial charge on any atom is 0.408 e. The third-order valence-electron chi connectivity index (χ3n) is 8.43. The van der Waals surface area contributed by atoms with E-state index in [1.807, 2.05) is 38.1 Å². The van der Waals surface area contributed by atoms with Crippen LogP contribution in [0.3, 0.4) is 0 Å². The summed E-state index contributed by atoms with van der Waals surface area (Å²) in [6.07, 6.45) is 0.259. The van der Waals surface area contributed by atoms with E-state index in [-0.39, 0.29) is 37.7 Å². The van der Waals surface area contributed by atoms with Gasteiger partial charge in [0.2, 0.25) is 23.6 Å². The van der Waals surface area contributed by atoms with Gasteiger partial charge in [-0.25, -0.2) is 4.79 Å². The molecule has 14 heteroatoms. The largest absolute Gasteiger partial charge is 0.443 e. The van der Waals surface area contributed by atoms with Crippen molar-refractivity contribution in [3.8, 4) is 0 Å². The predicted octanol–water partition coefficient (Wildman–Crippen LogP) is 2.02. The molecule has 14 nitrogen and oxygen atoms in total. The van der Waals surface area contributed by atoms with Gasteiger partial charge in [-0.1, -0.05) is 43.3 Å². The molecule has 1 fully saturated rings. The molecule has 1 aromatic heterocycles. The Kier molecular flexibility index (Phi) is 12.2. The van der Waals surface area contributed by atoms with E-state index in [0.29, 0.717) is 30.8 Å². The highest BCUT2D eigenvalue weighted by Crippen LogP contribution is 2.29. The minimum atomic E-state index is -1.30. The van der Waals surface area contributed by atoms with Gasteiger partial charge in [-0.05, 0) is 76.3 Å². The summed E-state index contributed by atoms with van der Waals surface area (Å²) in [7, 11) is 0. The number of nitrogens with one attached hydrogen (secondary N) is 5. The number of ketones is 1. The van der Waals surface area contributed by atoms with Crippen molar-refractivity contribution in [3.05, 3.63) is 52.9 Å². The van der Waals surface area contributed by atoms with E-state index in [1.165, 1.54) is 0 Å². The summed E-state index contributed by atoms with van der Waals surface area (Å²) in [4.78, 5) is 79.7. The average Bonchev–Trinajstić information content (AvgIpc) is 3.75. The molecule has 1 aliphatic heterocycles. The van der Waals surface area contributed by atoms with Gasteiger partial charge >= 0.3 is 6.09 Å². The fraction of sp³-hybridized carbons (Fsp3) is 0.571. The van der Waals surface area contributed by atoms with Crippen LogP contribution in [0.15, 0.2) is 34.9 Å². The number of nitrogens with zero attached hydrogens (tertiary/aromatic N) is 1. The van der Waals surface area contributed by atoms with Crippen LogP contribution in [0.4, 0.5) is 4.79 Å². The van der Waals surface area contributed by atoms with Gasteiger partial charge in [-0.15, -0.1) is 0 Å². The second-order valence-corrected chi connectivity index (χ2v) is 14.4. The molecule has 0 saturated carbocycles. The lowest BCUT2D eigenvalue weighted by Gasteiger charge is -2.29. The number of carbonyl (C=O) groups is 6. The lowest BCUT2D eigenvalue weighted by atomic mass is 9.93. The van der Waals surface area contributed by atoms with Crippen molar-refractivity contribution in [1.82, 2.24) is 31.7 Å². The number of aromatic nitrogens is 1. The fourth-order valence-corrected chi connectivity index (χ4v) is 6.24. The molecule has 2 aromatic rings. The second kappa shape index (κ2) is 16.1. The van der Waals surface area contributed by atoms with Crippen LogP contribution in [0.2, 0.25) is 0 Å². The first-order valence-electron chi connectivity index (χ1n) is 16.7. The predicted molar refractivity (Wildman–Crippen MR) is 178 cm³/mol. The third-order valence-corrected chi connectivity index (χ3v) is 8.43. The normalized spacial score (nSPS) is 17.8. The fourth-order valence-electron chi connectivity index (χ4n) is 6.24. The molecule has 2 heterocycles. The summed E-state index contributed by atoms with van der Waals surface area (Å²) >= 11 is 0. The van der Waals surface area contributed by atoms with E-state index in [2.05, 4.69) is 31.7 Å². The number of hydrogen-bond acceptors (Lipinski definition) is 9. The van der Waals surface area contributed by atoms with Crippen LogP contribution in [-0.4, -0.2) is 70.9 Å². The van der Waals surface area contributed by atoms with E-state index in [4.69, 9.17) is 9.26 Å². The maximum absolute atomic E-state index is 14.0. The number of rotatable bonds is 14. The molecule has 4 atom stereocenters. The molecule has 49 heavy (non-hydrogen) atoms. The van der Waals surface area contributed by atoms with Crippen molar-refractivity contribution in [1.29, 1.82) is 0 Å². The maximum atomic E-state index is 14.0. The molecule has 4 rings (SSSR count). The lowest BCUT2D eigenvalue weighted by Crippen LogP contribution is -2.58. The average molecular weight is 681 g/mol. The monoisotopic (exact) mass is 680 g/mol. The van der Waals surface area contributed by atoms with Gasteiger partial charge in [0.1, 0.15) is 36.1 Å². The molecule has 1 aromatic carbocycles. The number of amides is 5. The zero-order chi connectivity index (χ0) is 35.9. The first kappa shape index (κ1) is 37.1. The Bertz CT molecular complexity index is 1520. The van der Waals surface area contributed by atoms with Crippen molar-refractivity contribution >= 4 is 35.5 Å². The Labute approximate surface area is 286 Å². The van der Waals surface area contributed by atoms with Gasteiger partial charge in [0, 0.05) is 18.2 Å². The topological polar surface area (TPSA) is 198 Å². The highest BCUT2D eigenvalue weighted by atomic mass is 16.6. The Balaban J connectivity index is 1.52. The molecule has 266 valence electrons. The minimum Gasteiger partial charge on any atom is -0.443 e. The highest BCUT2D eigenvalue weighted by molar-refractivity contribution is 6.07. The number of ether oxygens (including phenoxy) is 1. The first-order valence-corrected chi connectivity index (χ1v) is 16.7. The summed E-state index contributed by atoms with van der Waals surface area (Å²) in [5, 5.41) is 17.4. The summed E-state index contributed by atoms with van der Waals surface area (Å²) < 4.78 is 10.4. The van der Waals surface area contributed by atoms with E-state index in [0.717, 1.165) is 11.1 Å². The SMILES string of the molecule is Cc1cc(COC(=O)N[C@H](C(=O)N[C@@H](CC(C)C)C(=O)N[C@@H](CC(=O)NC(C)(C)C)C(=O)[C@@H]2CCNC2=O)C2Cc3ccccc3C2)no1. The molecule has 1 aliphatic carbocycles. The third kappa shape index (κ3) is 10.6. The summed E-state index contributed by atoms with van der Waals surface area (Å²) in [5.41, 5.74) is 1.93. The Morgan fingerprint density at radius 2 is 1.65 bits per heavy atom. The Hall–Kier alpha value is -4.75. The van der Waals surface area contributed by atoms with E-state index in [9.17, 15) is 28.8 Å². The number of carbonyl (C=O) groups excluding carboxylic acids is 6. The van der Waals surface area contributed by atoms with Crippen LogP contribution >= 0.6 is 0 Å². The van der Waals surface area contributed by atoms with E-state index >= 15 is 0 Å². The van der Waals surface area contributed by atoms with Crippen molar-refractivity contribution in [2.45, 2.75) is 104 Å². The second-order valence-electron chi connectivity index (χ2n) is 14.4. The first-order chi connectivity index (χ1) is 23.1. The number of alkyl carbamates (subject to hydrolysis) is 1. The van der Waals surface area contributed by atoms with Gasteiger partial charge in [-0.2, -0.15) is 0 Å². The smallest absolute Gasteiger partial charge is 0.408 e. The molecule has 0 unspecified atom stereocenters. The molecule has 5 N–H and O–H groups in total.